The Morgan fingerprint density at radius 3 is 2.64 bits per heavy atom. The van der Waals surface area contributed by atoms with Gasteiger partial charge in [-0.1, -0.05) is 19.9 Å². The van der Waals surface area contributed by atoms with Crippen molar-refractivity contribution in [1.29, 1.82) is 0 Å². The molecule has 0 aliphatic carbocycles. The summed E-state index contributed by atoms with van der Waals surface area (Å²) < 4.78 is 24.2. The highest BCUT2D eigenvalue weighted by Crippen LogP contribution is 2.16. The lowest BCUT2D eigenvalue weighted by atomic mass is 10.2. The molecule has 0 aliphatic heterocycles. The quantitative estimate of drug-likeness (QED) is 0.784. The van der Waals surface area contributed by atoms with Crippen LogP contribution in [0.2, 0.25) is 0 Å². The molecule has 1 unspecified atom stereocenters. The molecule has 0 saturated carbocycles. The molecule has 78 valence electrons. The molecule has 0 aliphatic rings. The third kappa shape index (κ3) is 2.80. The smallest absolute Gasteiger partial charge is 0.125 e. The van der Waals surface area contributed by atoms with E-state index >= 15 is 0 Å². The van der Waals surface area contributed by atoms with E-state index in [-0.39, 0.29) is 11.1 Å². The predicted molar refractivity (Wildman–Crippen MR) is 57.8 cm³/mol. The van der Waals surface area contributed by atoms with E-state index in [1.54, 1.807) is 6.07 Å². The molecular weight excluding hydrogens is 201 g/mol. The second kappa shape index (κ2) is 4.55. The number of hydrogen-bond donors (Lipinski definition) is 1. The Bertz CT molecular complexity index is 352. The fourth-order valence-corrected chi connectivity index (χ4v) is 1.92. The fourth-order valence-electron chi connectivity index (χ4n) is 1.02. The van der Waals surface area contributed by atoms with E-state index in [4.69, 9.17) is 5.73 Å². The van der Waals surface area contributed by atoms with Gasteiger partial charge in [0.2, 0.25) is 0 Å². The van der Waals surface area contributed by atoms with Gasteiger partial charge >= 0.3 is 0 Å². The molecule has 0 amide bonds. The maximum Gasteiger partial charge on any atom is 0.125 e. The molecule has 0 aromatic heterocycles. The van der Waals surface area contributed by atoms with Gasteiger partial charge in [0.25, 0.3) is 0 Å². The summed E-state index contributed by atoms with van der Waals surface area (Å²) >= 11 is 0. The molecule has 0 radical (unpaired) electrons. The largest absolute Gasteiger partial charge is 0.398 e. The molecule has 0 spiro atoms. The van der Waals surface area contributed by atoms with Crippen LogP contribution in [0.15, 0.2) is 18.2 Å². The first-order valence-corrected chi connectivity index (χ1v) is 5.80. The molecule has 0 bridgehead atoms. The molecular formula is C10H14FNOS. The van der Waals surface area contributed by atoms with Gasteiger partial charge in [-0.25, -0.2) is 4.39 Å². The molecule has 1 rings (SSSR count). The van der Waals surface area contributed by atoms with E-state index in [9.17, 15) is 8.60 Å². The van der Waals surface area contributed by atoms with Crippen LogP contribution in [0.3, 0.4) is 0 Å². The van der Waals surface area contributed by atoms with Crippen molar-refractivity contribution in [2.45, 2.75) is 24.9 Å². The zero-order valence-electron chi connectivity index (χ0n) is 8.29. The zero-order chi connectivity index (χ0) is 10.7. The molecule has 0 heterocycles. The molecule has 0 fully saturated rings. The van der Waals surface area contributed by atoms with E-state index in [0.29, 0.717) is 11.4 Å². The van der Waals surface area contributed by atoms with Gasteiger partial charge in [-0.3, -0.25) is 4.21 Å². The van der Waals surface area contributed by atoms with Crippen LogP contribution < -0.4 is 5.73 Å². The topological polar surface area (TPSA) is 43.1 Å². The van der Waals surface area contributed by atoms with Gasteiger partial charge in [0.05, 0.1) is 5.75 Å². The first-order valence-electron chi connectivity index (χ1n) is 4.41. The lowest BCUT2D eigenvalue weighted by molar-refractivity contribution is 0.628. The van der Waals surface area contributed by atoms with E-state index in [0.717, 1.165) is 5.56 Å². The zero-order valence-corrected chi connectivity index (χ0v) is 9.10. The van der Waals surface area contributed by atoms with Crippen molar-refractivity contribution in [2.24, 2.45) is 0 Å². The Labute approximate surface area is 85.8 Å². The second-order valence-electron chi connectivity index (χ2n) is 3.42. The van der Waals surface area contributed by atoms with Crippen molar-refractivity contribution in [2.75, 3.05) is 5.73 Å². The van der Waals surface area contributed by atoms with E-state index < -0.39 is 10.8 Å². The van der Waals surface area contributed by atoms with Crippen LogP contribution in [0.1, 0.15) is 19.4 Å². The Hall–Kier alpha value is -0.900. The number of nitrogen functional groups attached to an aromatic ring is 1. The van der Waals surface area contributed by atoms with Crippen LogP contribution in [0.5, 0.6) is 0 Å². The summed E-state index contributed by atoms with van der Waals surface area (Å²) in [4.78, 5) is 0. The maximum atomic E-state index is 12.7. The molecule has 2 nitrogen and oxygen atoms in total. The highest BCUT2D eigenvalue weighted by Gasteiger charge is 2.08. The highest BCUT2D eigenvalue weighted by atomic mass is 32.2. The summed E-state index contributed by atoms with van der Waals surface area (Å²) in [5.41, 5.74) is 6.72. The van der Waals surface area contributed by atoms with Crippen molar-refractivity contribution in [3.8, 4) is 0 Å². The van der Waals surface area contributed by atoms with E-state index in [1.165, 1.54) is 12.1 Å². The van der Waals surface area contributed by atoms with Crippen molar-refractivity contribution >= 4 is 16.5 Å². The normalized spacial score (nSPS) is 13.1. The van der Waals surface area contributed by atoms with Gasteiger partial charge < -0.3 is 5.73 Å². The minimum atomic E-state index is -0.942. The lowest BCUT2D eigenvalue weighted by Crippen LogP contribution is -2.09. The van der Waals surface area contributed by atoms with E-state index in [2.05, 4.69) is 0 Å². The number of benzene rings is 1. The van der Waals surface area contributed by atoms with Gasteiger partial charge in [-0.2, -0.15) is 0 Å². The number of hydrogen-bond acceptors (Lipinski definition) is 2. The van der Waals surface area contributed by atoms with Crippen molar-refractivity contribution in [3.05, 3.63) is 29.6 Å². The Balaban J connectivity index is 2.82. The summed E-state index contributed by atoms with van der Waals surface area (Å²) in [6.07, 6.45) is 0. The van der Waals surface area contributed by atoms with Gasteiger partial charge in [-0.05, 0) is 17.7 Å². The molecule has 4 heteroatoms. The van der Waals surface area contributed by atoms with Crippen LogP contribution in [0.4, 0.5) is 10.1 Å². The summed E-state index contributed by atoms with van der Waals surface area (Å²) in [6.45, 7) is 3.77. The van der Waals surface area contributed by atoms with Crippen molar-refractivity contribution in [3.63, 3.8) is 0 Å². The van der Waals surface area contributed by atoms with E-state index in [1.807, 2.05) is 13.8 Å². The standard InChI is InChI=1S/C10H14FNOS/c1-7(2)14(13)6-8-3-4-9(11)5-10(8)12/h3-5,7H,6,12H2,1-2H3. The fraction of sp³-hybridized carbons (Fsp3) is 0.400. The Kier molecular flexibility index (Phi) is 3.63. The average molecular weight is 215 g/mol. The minimum Gasteiger partial charge on any atom is -0.398 e. The van der Waals surface area contributed by atoms with Crippen molar-refractivity contribution < 1.29 is 8.60 Å². The number of anilines is 1. The molecule has 1 atom stereocenters. The Morgan fingerprint density at radius 2 is 2.14 bits per heavy atom. The van der Waals surface area contributed by atoms with Gasteiger partial charge in [0.15, 0.2) is 0 Å². The van der Waals surface area contributed by atoms with Crippen LogP contribution >= 0.6 is 0 Å². The SMILES string of the molecule is CC(C)S(=O)Cc1ccc(F)cc1N. The number of halogens is 1. The van der Waals surface area contributed by atoms with Crippen LogP contribution in [0, 0.1) is 5.82 Å². The molecule has 0 saturated heterocycles. The number of rotatable bonds is 3. The minimum absolute atomic E-state index is 0.0967. The monoisotopic (exact) mass is 215 g/mol. The van der Waals surface area contributed by atoms with Gasteiger partial charge in [0, 0.05) is 21.7 Å². The Morgan fingerprint density at radius 1 is 1.50 bits per heavy atom. The predicted octanol–water partition coefficient (Wildman–Crippen LogP) is 2.07. The highest BCUT2D eigenvalue weighted by molar-refractivity contribution is 7.84. The summed E-state index contributed by atoms with van der Waals surface area (Å²) in [5, 5.41) is 0.0967. The third-order valence-corrected chi connectivity index (χ3v) is 3.58. The summed E-state index contributed by atoms with van der Waals surface area (Å²) in [7, 11) is -0.942. The summed E-state index contributed by atoms with van der Waals surface area (Å²) in [5.74, 6) is 0.0330. The summed E-state index contributed by atoms with van der Waals surface area (Å²) in [6, 6.07) is 4.18. The average Bonchev–Trinajstić information content (AvgIpc) is 2.09. The lowest BCUT2D eigenvalue weighted by Gasteiger charge is -2.07. The second-order valence-corrected chi connectivity index (χ2v) is 5.41. The first-order chi connectivity index (χ1) is 6.50. The van der Waals surface area contributed by atoms with Crippen molar-refractivity contribution in [1.82, 2.24) is 0 Å². The molecule has 1 aromatic rings. The third-order valence-electron chi connectivity index (χ3n) is 1.93. The van der Waals surface area contributed by atoms with Gasteiger partial charge in [0.1, 0.15) is 5.82 Å². The first kappa shape index (κ1) is 11.2. The molecule has 2 N–H and O–H groups in total. The van der Waals surface area contributed by atoms with Crippen LogP contribution in [-0.4, -0.2) is 9.46 Å². The maximum absolute atomic E-state index is 12.7. The molecule has 14 heavy (non-hydrogen) atoms. The van der Waals surface area contributed by atoms with Gasteiger partial charge in [-0.15, -0.1) is 0 Å². The number of nitrogens with two attached hydrogens (primary N) is 1. The molecule has 1 aromatic carbocycles. The van der Waals surface area contributed by atoms with Crippen LogP contribution in [-0.2, 0) is 16.6 Å². The van der Waals surface area contributed by atoms with Crippen LogP contribution in [0.25, 0.3) is 0 Å².